The van der Waals surface area contributed by atoms with Crippen molar-refractivity contribution in [3.05, 3.63) is 60.8 Å². The van der Waals surface area contributed by atoms with Gasteiger partial charge in [-0.1, -0.05) is 351 Å². The number of allylic oxidation sites excluding steroid dienone is 10. The van der Waals surface area contributed by atoms with Crippen molar-refractivity contribution in [2.45, 2.75) is 399 Å². The molecule has 0 fully saturated rings. The molecule has 0 spiro atoms. The summed E-state index contributed by atoms with van der Waals surface area (Å²) in [4.78, 5) is 38.5. The Morgan fingerprint density at radius 2 is 0.470 bits per heavy atom. The van der Waals surface area contributed by atoms with E-state index < -0.39 is 6.10 Å². The zero-order valence-corrected chi connectivity index (χ0v) is 55.7. The highest BCUT2D eigenvalue weighted by Gasteiger charge is 2.19. The second-order valence-electron chi connectivity index (χ2n) is 24.8. The fourth-order valence-corrected chi connectivity index (χ4v) is 11.0. The van der Waals surface area contributed by atoms with E-state index in [0.29, 0.717) is 19.3 Å². The molecule has 0 amide bonds. The van der Waals surface area contributed by atoms with Crippen molar-refractivity contribution in [1.29, 1.82) is 0 Å². The van der Waals surface area contributed by atoms with Crippen LogP contribution in [0.4, 0.5) is 0 Å². The summed E-state index contributed by atoms with van der Waals surface area (Å²) in [5, 5.41) is 0. The van der Waals surface area contributed by atoms with Crippen molar-refractivity contribution in [2.24, 2.45) is 0 Å². The molecule has 0 rings (SSSR count). The first kappa shape index (κ1) is 80.1. The quantitative estimate of drug-likeness (QED) is 0.0261. The Morgan fingerprint density at radius 3 is 0.735 bits per heavy atom. The molecule has 484 valence electrons. The van der Waals surface area contributed by atoms with E-state index in [-0.39, 0.29) is 31.1 Å². The maximum Gasteiger partial charge on any atom is 0.306 e. The predicted octanol–water partition coefficient (Wildman–Crippen LogP) is 25.5. The van der Waals surface area contributed by atoms with Gasteiger partial charge in [0.2, 0.25) is 0 Å². The summed E-state index contributed by atoms with van der Waals surface area (Å²) >= 11 is 0. The van der Waals surface area contributed by atoms with Crippen molar-refractivity contribution in [1.82, 2.24) is 0 Å². The summed E-state index contributed by atoms with van der Waals surface area (Å²) in [5.74, 6) is -0.855. The molecule has 83 heavy (non-hydrogen) atoms. The minimum absolute atomic E-state index is 0.0728. The average Bonchev–Trinajstić information content (AvgIpc) is 3.50. The highest BCUT2D eigenvalue weighted by Crippen LogP contribution is 2.19. The van der Waals surface area contributed by atoms with E-state index in [9.17, 15) is 14.4 Å². The number of carbonyl (C=O) groups is 3. The lowest BCUT2D eigenvalue weighted by Crippen LogP contribution is -2.30. The molecular weight excluding hydrogens is 1020 g/mol. The van der Waals surface area contributed by atoms with Gasteiger partial charge < -0.3 is 14.2 Å². The molecule has 0 aliphatic heterocycles. The van der Waals surface area contributed by atoms with Crippen LogP contribution in [0.15, 0.2) is 60.8 Å². The summed E-state index contributed by atoms with van der Waals surface area (Å²) in [6.07, 6.45) is 92.6. The minimum Gasteiger partial charge on any atom is -0.462 e. The number of unbranched alkanes of at least 4 members (excludes halogenated alkanes) is 47. The summed E-state index contributed by atoms with van der Waals surface area (Å²) < 4.78 is 17.0. The third-order valence-electron chi connectivity index (χ3n) is 16.5. The van der Waals surface area contributed by atoms with Gasteiger partial charge in [-0.3, -0.25) is 14.4 Å². The third kappa shape index (κ3) is 69.8. The Kier molecular flexibility index (Phi) is 69.1. The van der Waals surface area contributed by atoms with Gasteiger partial charge in [0.05, 0.1) is 0 Å². The van der Waals surface area contributed by atoms with Crippen LogP contribution in [0.3, 0.4) is 0 Å². The molecule has 0 aliphatic carbocycles. The molecule has 0 aromatic rings. The Hall–Kier alpha value is -2.89. The predicted molar refractivity (Wildman–Crippen MR) is 362 cm³/mol. The maximum absolute atomic E-state index is 13.0. The first-order chi connectivity index (χ1) is 41.0. The van der Waals surface area contributed by atoms with E-state index in [1.54, 1.807) is 0 Å². The largest absolute Gasteiger partial charge is 0.462 e. The second-order valence-corrected chi connectivity index (χ2v) is 24.8. The molecule has 0 aliphatic rings. The molecule has 6 heteroatoms. The van der Waals surface area contributed by atoms with Crippen LogP contribution in [-0.2, 0) is 28.6 Å². The molecule has 1 atom stereocenters. The Morgan fingerprint density at radius 1 is 0.253 bits per heavy atom. The minimum atomic E-state index is -0.778. The number of ether oxygens (including phenoxy) is 3. The van der Waals surface area contributed by atoms with Gasteiger partial charge in [-0.15, -0.1) is 0 Å². The molecule has 1 unspecified atom stereocenters. The van der Waals surface area contributed by atoms with E-state index in [4.69, 9.17) is 14.2 Å². The van der Waals surface area contributed by atoms with Gasteiger partial charge in [-0.25, -0.2) is 0 Å². The number of esters is 3. The molecule has 0 radical (unpaired) electrons. The van der Waals surface area contributed by atoms with E-state index in [2.05, 4.69) is 81.5 Å². The van der Waals surface area contributed by atoms with Gasteiger partial charge in [-0.2, -0.15) is 0 Å². The molecule has 6 nitrogen and oxygen atoms in total. The lowest BCUT2D eigenvalue weighted by molar-refractivity contribution is -0.167. The maximum atomic E-state index is 13.0. The van der Waals surface area contributed by atoms with Crippen LogP contribution in [0, 0.1) is 0 Å². The molecule has 0 saturated heterocycles. The smallest absolute Gasteiger partial charge is 0.306 e. The van der Waals surface area contributed by atoms with Crippen LogP contribution in [0.1, 0.15) is 393 Å². The summed E-state index contributed by atoms with van der Waals surface area (Å²) in [5.41, 5.74) is 0. The second kappa shape index (κ2) is 71.6. The van der Waals surface area contributed by atoms with Gasteiger partial charge in [-0.05, 0) is 83.5 Å². The van der Waals surface area contributed by atoms with Gasteiger partial charge in [0.25, 0.3) is 0 Å². The summed E-state index contributed by atoms with van der Waals surface area (Å²) in [7, 11) is 0. The summed E-state index contributed by atoms with van der Waals surface area (Å²) in [6, 6.07) is 0. The highest BCUT2D eigenvalue weighted by atomic mass is 16.6. The molecular formula is C77H140O6. The van der Waals surface area contributed by atoms with Crippen LogP contribution in [0.5, 0.6) is 0 Å². The zero-order valence-electron chi connectivity index (χ0n) is 55.7. The van der Waals surface area contributed by atoms with Crippen LogP contribution < -0.4 is 0 Å². The van der Waals surface area contributed by atoms with Gasteiger partial charge in [0, 0.05) is 19.3 Å². The number of hydrogen-bond donors (Lipinski definition) is 0. The number of hydrogen-bond acceptors (Lipinski definition) is 6. The highest BCUT2D eigenvalue weighted by molar-refractivity contribution is 5.71. The van der Waals surface area contributed by atoms with Gasteiger partial charge >= 0.3 is 17.9 Å². The lowest BCUT2D eigenvalue weighted by Gasteiger charge is -2.18. The van der Waals surface area contributed by atoms with E-state index in [0.717, 1.165) is 89.9 Å². The summed E-state index contributed by atoms with van der Waals surface area (Å²) in [6.45, 7) is 6.59. The van der Waals surface area contributed by atoms with Crippen molar-refractivity contribution in [2.75, 3.05) is 13.2 Å². The Balaban J connectivity index is 4.28. The van der Waals surface area contributed by atoms with Crippen LogP contribution in [0.2, 0.25) is 0 Å². The van der Waals surface area contributed by atoms with Crippen LogP contribution >= 0.6 is 0 Å². The van der Waals surface area contributed by atoms with E-state index in [1.807, 2.05) is 0 Å². The van der Waals surface area contributed by atoms with Crippen LogP contribution in [-0.4, -0.2) is 37.2 Å². The molecule has 0 saturated carbocycles. The molecule has 0 aromatic carbocycles. The molecule has 0 bridgehead atoms. The zero-order chi connectivity index (χ0) is 59.9. The normalized spacial score (nSPS) is 12.4. The van der Waals surface area contributed by atoms with Crippen molar-refractivity contribution in [3.63, 3.8) is 0 Å². The molecule has 0 aromatic heterocycles. The first-order valence-corrected chi connectivity index (χ1v) is 36.8. The number of carbonyl (C=O) groups excluding carboxylic acids is 3. The van der Waals surface area contributed by atoms with E-state index >= 15 is 0 Å². The Labute approximate surface area is 517 Å². The van der Waals surface area contributed by atoms with Crippen molar-refractivity contribution in [3.8, 4) is 0 Å². The topological polar surface area (TPSA) is 78.9 Å². The van der Waals surface area contributed by atoms with Crippen molar-refractivity contribution < 1.29 is 28.6 Å². The standard InChI is InChI=1S/C77H140O6/c1-4-7-10-13-16-19-22-25-28-31-33-35-36-37-38-39-40-42-43-46-49-52-55-58-61-64-67-70-76(79)82-73-74(72-81-75(78)69-66-63-60-57-54-51-48-45-30-27-24-21-18-15-12-9-6-3)83-77(80)71-68-65-62-59-56-53-50-47-44-41-34-32-29-26-23-20-17-14-11-8-5-2/h9,12,18,21-22,25,27,30-31,33,74H,4-8,10-11,13-17,19-20,23-24,26,28-29,32,34-73H2,1-3H3/b12-9-,21-18-,25-22-,30-27-,33-31-. The first-order valence-electron chi connectivity index (χ1n) is 36.8. The van der Waals surface area contributed by atoms with Crippen LogP contribution in [0.25, 0.3) is 0 Å². The molecule has 0 N–H and O–H groups in total. The SMILES string of the molecule is CC/C=C\C/C=C\C/C=C\CCCCCCCCCC(=O)OCC(COC(=O)CCCCCCCCCCCCCCCCC/C=C\C/C=C\CCCCCCC)OC(=O)CCCCCCCCCCCCCCCCCCCCCCC. The third-order valence-corrected chi connectivity index (χ3v) is 16.5. The van der Waals surface area contributed by atoms with Crippen molar-refractivity contribution >= 4 is 17.9 Å². The fourth-order valence-electron chi connectivity index (χ4n) is 11.0. The van der Waals surface area contributed by atoms with E-state index in [1.165, 1.54) is 263 Å². The van der Waals surface area contributed by atoms with Gasteiger partial charge in [0.15, 0.2) is 6.10 Å². The van der Waals surface area contributed by atoms with Gasteiger partial charge in [0.1, 0.15) is 13.2 Å². The lowest BCUT2D eigenvalue weighted by atomic mass is 10.0. The fraction of sp³-hybridized carbons (Fsp3) is 0.831. The Bertz CT molecular complexity index is 1470. The number of rotatable bonds is 68. The molecule has 0 heterocycles. The monoisotopic (exact) mass is 1160 g/mol. The average molecular weight is 1160 g/mol.